The summed E-state index contributed by atoms with van der Waals surface area (Å²) in [5.74, 6) is 0.930. The molecule has 0 amide bonds. The molecule has 20 heavy (non-hydrogen) atoms. The van der Waals surface area contributed by atoms with Gasteiger partial charge in [0.2, 0.25) is 0 Å². The van der Waals surface area contributed by atoms with E-state index >= 15 is 0 Å². The molecule has 2 atom stereocenters. The lowest BCUT2D eigenvalue weighted by Gasteiger charge is -2.30. The number of hydrogen-bond donors (Lipinski definition) is 1. The molecule has 1 saturated carbocycles. The van der Waals surface area contributed by atoms with E-state index in [0.717, 1.165) is 25.1 Å². The first-order valence-electron chi connectivity index (χ1n) is 9.25. The molecule has 1 N–H and O–H groups in total. The fourth-order valence-electron chi connectivity index (χ4n) is 4.09. The van der Waals surface area contributed by atoms with Gasteiger partial charge < -0.3 is 10.1 Å². The SMILES string of the molecule is CCNC(CCCC1CCCO1)C1CCCCCCC1. The molecular weight excluding hydrogens is 246 g/mol. The van der Waals surface area contributed by atoms with Crippen LogP contribution in [0.1, 0.15) is 84.0 Å². The summed E-state index contributed by atoms with van der Waals surface area (Å²) in [6, 6.07) is 0.763. The Kier molecular flexibility index (Phi) is 7.97. The number of hydrogen-bond acceptors (Lipinski definition) is 2. The molecule has 2 unspecified atom stereocenters. The van der Waals surface area contributed by atoms with Crippen molar-refractivity contribution in [2.45, 2.75) is 96.1 Å². The predicted octanol–water partition coefficient (Wildman–Crippen LogP) is 4.67. The number of rotatable bonds is 7. The lowest BCUT2D eigenvalue weighted by atomic mass is 9.83. The van der Waals surface area contributed by atoms with E-state index in [9.17, 15) is 0 Å². The summed E-state index contributed by atoms with van der Waals surface area (Å²) in [4.78, 5) is 0. The van der Waals surface area contributed by atoms with Gasteiger partial charge in [0, 0.05) is 12.6 Å². The van der Waals surface area contributed by atoms with Crippen molar-refractivity contribution in [1.29, 1.82) is 0 Å². The molecule has 0 radical (unpaired) electrons. The Bertz CT molecular complexity index is 230. The number of ether oxygens (including phenoxy) is 1. The molecule has 118 valence electrons. The van der Waals surface area contributed by atoms with E-state index in [1.54, 1.807) is 0 Å². The molecule has 0 aromatic heterocycles. The summed E-state index contributed by atoms with van der Waals surface area (Å²) < 4.78 is 5.76. The minimum absolute atomic E-state index is 0.578. The van der Waals surface area contributed by atoms with E-state index in [1.165, 1.54) is 77.0 Å². The van der Waals surface area contributed by atoms with Gasteiger partial charge >= 0.3 is 0 Å². The Morgan fingerprint density at radius 3 is 2.40 bits per heavy atom. The van der Waals surface area contributed by atoms with E-state index < -0.39 is 0 Å². The first-order chi connectivity index (χ1) is 9.90. The average Bonchev–Trinajstić information content (AvgIpc) is 2.91. The summed E-state index contributed by atoms with van der Waals surface area (Å²) in [6.45, 7) is 4.39. The quantitative estimate of drug-likeness (QED) is 0.732. The minimum Gasteiger partial charge on any atom is -0.378 e. The van der Waals surface area contributed by atoms with Crippen molar-refractivity contribution in [2.75, 3.05) is 13.2 Å². The Balaban J connectivity index is 1.72. The lowest BCUT2D eigenvalue weighted by Crippen LogP contribution is -2.36. The topological polar surface area (TPSA) is 21.3 Å². The van der Waals surface area contributed by atoms with Crippen LogP contribution in [0.3, 0.4) is 0 Å². The maximum Gasteiger partial charge on any atom is 0.0576 e. The Morgan fingerprint density at radius 2 is 1.75 bits per heavy atom. The fourth-order valence-corrected chi connectivity index (χ4v) is 4.09. The van der Waals surface area contributed by atoms with E-state index in [0.29, 0.717) is 6.10 Å². The van der Waals surface area contributed by atoms with Crippen LogP contribution in [0.2, 0.25) is 0 Å². The van der Waals surface area contributed by atoms with Crippen molar-refractivity contribution in [1.82, 2.24) is 5.32 Å². The second-order valence-corrected chi connectivity index (χ2v) is 6.84. The second kappa shape index (κ2) is 9.78. The summed E-state index contributed by atoms with van der Waals surface area (Å²) in [7, 11) is 0. The Hall–Kier alpha value is -0.0800. The van der Waals surface area contributed by atoms with Crippen molar-refractivity contribution < 1.29 is 4.74 Å². The van der Waals surface area contributed by atoms with Gasteiger partial charge in [0.05, 0.1) is 6.10 Å². The van der Waals surface area contributed by atoms with Gasteiger partial charge in [0.15, 0.2) is 0 Å². The summed E-state index contributed by atoms with van der Waals surface area (Å²) in [5, 5.41) is 3.79. The summed E-state index contributed by atoms with van der Waals surface area (Å²) >= 11 is 0. The van der Waals surface area contributed by atoms with Crippen LogP contribution in [0.5, 0.6) is 0 Å². The maximum atomic E-state index is 5.76. The van der Waals surface area contributed by atoms with Crippen molar-refractivity contribution in [3.05, 3.63) is 0 Å². The molecule has 0 bridgehead atoms. The molecular formula is C18H35NO. The zero-order valence-electron chi connectivity index (χ0n) is 13.5. The summed E-state index contributed by atoms with van der Waals surface area (Å²) in [6.07, 6.45) is 17.4. The standard InChI is InChI=1S/C18H35NO/c1-2-19-18(14-8-12-17-13-9-15-20-17)16-10-6-4-3-5-7-11-16/h16-19H,2-15H2,1H3. The second-order valence-electron chi connectivity index (χ2n) is 6.84. The van der Waals surface area contributed by atoms with E-state index in [1.807, 2.05) is 0 Å². The fraction of sp³-hybridized carbons (Fsp3) is 1.00. The third kappa shape index (κ3) is 5.73. The molecule has 1 aliphatic carbocycles. The highest BCUT2D eigenvalue weighted by Crippen LogP contribution is 2.28. The van der Waals surface area contributed by atoms with Crippen LogP contribution in [0.4, 0.5) is 0 Å². The van der Waals surface area contributed by atoms with Crippen LogP contribution in [-0.2, 0) is 4.74 Å². The van der Waals surface area contributed by atoms with E-state index in [2.05, 4.69) is 12.2 Å². The molecule has 2 nitrogen and oxygen atoms in total. The highest BCUT2D eigenvalue weighted by atomic mass is 16.5. The van der Waals surface area contributed by atoms with Gasteiger partial charge in [-0.2, -0.15) is 0 Å². The van der Waals surface area contributed by atoms with Crippen LogP contribution >= 0.6 is 0 Å². The molecule has 1 aliphatic heterocycles. The third-order valence-electron chi connectivity index (χ3n) is 5.25. The largest absolute Gasteiger partial charge is 0.378 e. The molecule has 1 heterocycles. The highest BCUT2D eigenvalue weighted by molar-refractivity contribution is 4.78. The minimum atomic E-state index is 0.578. The molecule has 2 aliphatic rings. The molecule has 0 aromatic rings. The molecule has 2 fully saturated rings. The van der Waals surface area contributed by atoms with Crippen LogP contribution < -0.4 is 5.32 Å². The Morgan fingerprint density at radius 1 is 1.00 bits per heavy atom. The highest BCUT2D eigenvalue weighted by Gasteiger charge is 2.22. The van der Waals surface area contributed by atoms with Crippen LogP contribution in [0, 0.1) is 5.92 Å². The predicted molar refractivity (Wildman–Crippen MR) is 86.1 cm³/mol. The molecule has 2 heteroatoms. The monoisotopic (exact) mass is 281 g/mol. The third-order valence-corrected chi connectivity index (χ3v) is 5.25. The lowest BCUT2D eigenvalue weighted by molar-refractivity contribution is 0.100. The van der Waals surface area contributed by atoms with Crippen molar-refractivity contribution >= 4 is 0 Å². The van der Waals surface area contributed by atoms with Crippen LogP contribution in [-0.4, -0.2) is 25.3 Å². The van der Waals surface area contributed by atoms with E-state index in [-0.39, 0.29) is 0 Å². The molecule has 0 spiro atoms. The zero-order chi connectivity index (χ0) is 14.0. The van der Waals surface area contributed by atoms with Crippen LogP contribution in [0.15, 0.2) is 0 Å². The van der Waals surface area contributed by atoms with Crippen molar-refractivity contribution in [3.63, 3.8) is 0 Å². The molecule has 2 rings (SSSR count). The summed E-state index contributed by atoms with van der Waals surface area (Å²) in [5.41, 5.74) is 0. The van der Waals surface area contributed by atoms with E-state index in [4.69, 9.17) is 4.74 Å². The van der Waals surface area contributed by atoms with Crippen molar-refractivity contribution in [2.24, 2.45) is 5.92 Å². The van der Waals surface area contributed by atoms with Crippen molar-refractivity contribution in [3.8, 4) is 0 Å². The normalized spacial score (nSPS) is 27.1. The van der Waals surface area contributed by atoms with Gasteiger partial charge in [-0.15, -0.1) is 0 Å². The molecule has 1 saturated heterocycles. The average molecular weight is 281 g/mol. The van der Waals surface area contributed by atoms with Gasteiger partial charge in [0.25, 0.3) is 0 Å². The zero-order valence-corrected chi connectivity index (χ0v) is 13.5. The van der Waals surface area contributed by atoms with Crippen LogP contribution in [0.25, 0.3) is 0 Å². The maximum absolute atomic E-state index is 5.76. The van der Waals surface area contributed by atoms with Gasteiger partial charge in [0.1, 0.15) is 0 Å². The van der Waals surface area contributed by atoms with Gasteiger partial charge in [-0.3, -0.25) is 0 Å². The number of nitrogens with one attached hydrogen (secondary N) is 1. The Labute approximate surface area is 126 Å². The van der Waals surface area contributed by atoms with Gasteiger partial charge in [-0.05, 0) is 57.4 Å². The molecule has 0 aromatic carbocycles. The van der Waals surface area contributed by atoms with Gasteiger partial charge in [-0.1, -0.05) is 39.0 Å². The smallest absolute Gasteiger partial charge is 0.0576 e. The van der Waals surface area contributed by atoms with Gasteiger partial charge in [-0.25, -0.2) is 0 Å². The first-order valence-corrected chi connectivity index (χ1v) is 9.25. The first kappa shape index (κ1) is 16.3.